The van der Waals surface area contributed by atoms with E-state index in [0.717, 1.165) is 18.8 Å². The first-order valence-electron chi connectivity index (χ1n) is 11.4. The number of Topliss-reactive ketones (excluding diaryl/α,β-unsaturated/α-hetero) is 1. The van der Waals surface area contributed by atoms with Crippen LogP contribution in [0.15, 0.2) is 36.4 Å². The van der Waals surface area contributed by atoms with Gasteiger partial charge in [0.15, 0.2) is 12.4 Å². The van der Waals surface area contributed by atoms with Crippen LogP contribution in [0.1, 0.15) is 37.6 Å². The second-order valence-corrected chi connectivity index (χ2v) is 7.42. The minimum Gasteiger partial charge on any atom is -0.492 e. The molecule has 0 aromatic heterocycles. The van der Waals surface area contributed by atoms with E-state index >= 15 is 0 Å². The molecule has 1 aliphatic heterocycles. The molecule has 2 aromatic rings. The fraction of sp³-hybridized carbons (Fsp3) is 0.440. The largest absolute Gasteiger partial charge is 0.492 e. The van der Waals surface area contributed by atoms with Crippen LogP contribution in [0.5, 0.6) is 17.2 Å². The van der Waals surface area contributed by atoms with Crippen LogP contribution in [0.25, 0.3) is 0 Å². The Kier molecular flexibility index (Phi) is 8.95. The van der Waals surface area contributed by atoms with E-state index in [1.54, 1.807) is 30.3 Å². The normalized spacial score (nSPS) is 13.4. The van der Waals surface area contributed by atoms with E-state index in [2.05, 4.69) is 10.2 Å². The summed E-state index contributed by atoms with van der Waals surface area (Å²) in [5, 5.41) is 2.87. The summed E-state index contributed by atoms with van der Waals surface area (Å²) in [6.45, 7) is 9.23. The Labute approximate surface area is 194 Å². The Bertz CT molecular complexity index is 939. The smallest absolute Gasteiger partial charge is 0.262 e. The second-order valence-electron chi connectivity index (χ2n) is 7.42. The van der Waals surface area contributed by atoms with E-state index in [0.29, 0.717) is 61.3 Å². The number of amides is 1. The van der Waals surface area contributed by atoms with E-state index in [9.17, 15) is 9.59 Å². The summed E-state index contributed by atoms with van der Waals surface area (Å²) in [6, 6.07) is 10.5. The molecule has 1 heterocycles. The summed E-state index contributed by atoms with van der Waals surface area (Å²) in [7, 11) is 0. The quantitative estimate of drug-likeness (QED) is 0.513. The number of ketones is 1. The molecule has 33 heavy (non-hydrogen) atoms. The third-order valence-electron chi connectivity index (χ3n) is 5.15. The second kappa shape index (κ2) is 12.1. The maximum Gasteiger partial charge on any atom is 0.262 e. The van der Waals surface area contributed by atoms with Crippen LogP contribution in [0.4, 0.5) is 11.4 Å². The summed E-state index contributed by atoms with van der Waals surface area (Å²) < 4.78 is 22.7. The standard InChI is InChI=1S/C25H32N2O6/c1-4-22(28)18-7-9-19(10-8-18)33-17-25(29)26-20-15-24(32-6-3)21(16-23(20)31-5-2)27-11-13-30-14-12-27/h7-10,15-16H,4-6,11-14,17H2,1-3H3,(H,26,29). The fourth-order valence-electron chi connectivity index (χ4n) is 3.52. The number of carbonyl (C=O) groups excluding carboxylic acids is 2. The van der Waals surface area contributed by atoms with Crippen molar-refractivity contribution < 1.29 is 28.5 Å². The van der Waals surface area contributed by atoms with Gasteiger partial charge >= 0.3 is 0 Å². The molecule has 8 heteroatoms. The number of carbonyl (C=O) groups is 2. The number of nitrogens with zero attached hydrogens (tertiary/aromatic N) is 1. The molecule has 0 saturated carbocycles. The van der Waals surface area contributed by atoms with Crippen molar-refractivity contribution in [2.75, 3.05) is 56.3 Å². The summed E-state index contributed by atoms with van der Waals surface area (Å²) in [4.78, 5) is 26.5. The monoisotopic (exact) mass is 456 g/mol. The molecule has 0 unspecified atom stereocenters. The number of benzene rings is 2. The molecule has 0 radical (unpaired) electrons. The highest BCUT2D eigenvalue weighted by atomic mass is 16.5. The van der Waals surface area contributed by atoms with Crippen molar-refractivity contribution in [1.29, 1.82) is 0 Å². The van der Waals surface area contributed by atoms with Gasteiger partial charge in [-0.25, -0.2) is 0 Å². The summed E-state index contributed by atoms with van der Waals surface area (Å²) >= 11 is 0. The molecule has 1 N–H and O–H groups in total. The molecule has 0 atom stereocenters. The zero-order chi connectivity index (χ0) is 23.6. The zero-order valence-electron chi connectivity index (χ0n) is 19.5. The third kappa shape index (κ3) is 6.61. The molecule has 1 fully saturated rings. The number of hydrogen-bond acceptors (Lipinski definition) is 7. The van der Waals surface area contributed by atoms with Gasteiger partial charge in [-0.3, -0.25) is 9.59 Å². The predicted octanol–water partition coefficient (Wildman–Crippen LogP) is 3.93. The summed E-state index contributed by atoms with van der Waals surface area (Å²) in [6.07, 6.45) is 0.443. The average Bonchev–Trinajstić information content (AvgIpc) is 2.85. The van der Waals surface area contributed by atoms with Crippen molar-refractivity contribution in [1.82, 2.24) is 0 Å². The fourth-order valence-corrected chi connectivity index (χ4v) is 3.52. The molecule has 3 rings (SSSR count). The Morgan fingerprint density at radius 2 is 1.61 bits per heavy atom. The van der Waals surface area contributed by atoms with E-state index in [-0.39, 0.29) is 18.3 Å². The van der Waals surface area contributed by atoms with Crippen LogP contribution in [0, 0.1) is 0 Å². The zero-order valence-corrected chi connectivity index (χ0v) is 19.5. The Morgan fingerprint density at radius 1 is 0.939 bits per heavy atom. The number of hydrogen-bond donors (Lipinski definition) is 1. The van der Waals surface area contributed by atoms with Gasteiger partial charge in [-0.2, -0.15) is 0 Å². The molecule has 1 amide bonds. The van der Waals surface area contributed by atoms with Crippen LogP contribution >= 0.6 is 0 Å². The van der Waals surface area contributed by atoms with Crippen LogP contribution in [0.3, 0.4) is 0 Å². The molecule has 178 valence electrons. The van der Waals surface area contributed by atoms with Gasteiger partial charge in [0.2, 0.25) is 0 Å². The molecule has 2 aromatic carbocycles. The molecular formula is C25H32N2O6. The van der Waals surface area contributed by atoms with Gasteiger partial charge in [0, 0.05) is 37.2 Å². The van der Waals surface area contributed by atoms with Crippen molar-refractivity contribution in [2.45, 2.75) is 27.2 Å². The third-order valence-corrected chi connectivity index (χ3v) is 5.15. The molecule has 0 spiro atoms. The van der Waals surface area contributed by atoms with Gasteiger partial charge in [0.25, 0.3) is 5.91 Å². The van der Waals surface area contributed by atoms with E-state index in [1.807, 2.05) is 26.8 Å². The van der Waals surface area contributed by atoms with Crippen LogP contribution in [0.2, 0.25) is 0 Å². The van der Waals surface area contributed by atoms with Gasteiger partial charge in [-0.05, 0) is 38.1 Å². The minimum atomic E-state index is -0.328. The minimum absolute atomic E-state index is 0.0633. The summed E-state index contributed by atoms with van der Waals surface area (Å²) in [5.41, 5.74) is 2.06. The van der Waals surface area contributed by atoms with Gasteiger partial charge in [0.05, 0.1) is 37.8 Å². The number of anilines is 2. The van der Waals surface area contributed by atoms with Crippen molar-refractivity contribution in [3.63, 3.8) is 0 Å². The highest BCUT2D eigenvalue weighted by molar-refractivity contribution is 5.96. The van der Waals surface area contributed by atoms with E-state index < -0.39 is 0 Å². The molecule has 0 bridgehead atoms. The lowest BCUT2D eigenvalue weighted by atomic mass is 10.1. The Hall–Kier alpha value is -3.26. The summed E-state index contributed by atoms with van der Waals surface area (Å²) in [5.74, 6) is 1.49. The lowest BCUT2D eigenvalue weighted by Crippen LogP contribution is -2.36. The van der Waals surface area contributed by atoms with Gasteiger partial charge < -0.3 is 29.2 Å². The lowest BCUT2D eigenvalue weighted by Gasteiger charge is -2.31. The molecule has 1 aliphatic rings. The molecular weight excluding hydrogens is 424 g/mol. The molecule has 0 aliphatic carbocycles. The highest BCUT2D eigenvalue weighted by Gasteiger charge is 2.20. The van der Waals surface area contributed by atoms with Crippen LogP contribution in [-0.2, 0) is 9.53 Å². The van der Waals surface area contributed by atoms with Crippen molar-refractivity contribution in [3.8, 4) is 17.2 Å². The topological polar surface area (TPSA) is 86.3 Å². The first kappa shape index (κ1) is 24.4. The van der Waals surface area contributed by atoms with Gasteiger partial charge in [0.1, 0.15) is 17.2 Å². The maximum absolute atomic E-state index is 12.6. The predicted molar refractivity (Wildman–Crippen MR) is 127 cm³/mol. The SMILES string of the molecule is CCOc1cc(N2CCOCC2)c(OCC)cc1NC(=O)COc1ccc(C(=O)CC)cc1. The lowest BCUT2D eigenvalue weighted by molar-refractivity contribution is -0.118. The molecule has 8 nitrogen and oxygen atoms in total. The van der Waals surface area contributed by atoms with Crippen LogP contribution in [-0.4, -0.2) is 57.8 Å². The van der Waals surface area contributed by atoms with Crippen molar-refractivity contribution in [3.05, 3.63) is 42.0 Å². The number of nitrogens with one attached hydrogen (secondary N) is 1. The number of ether oxygens (including phenoxy) is 4. The van der Waals surface area contributed by atoms with Crippen molar-refractivity contribution >= 4 is 23.1 Å². The number of morpholine rings is 1. The highest BCUT2D eigenvalue weighted by Crippen LogP contribution is 2.39. The maximum atomic E-state index is 12.6. The number of rotatable bonds is 11. The van der Waals surface area contributed by atoms with Gasteiger partial charge in [-0.1, -0.05) is 6.92 Å². The Morgan fingerprint density at radius 3 is 2.24 bits per heavy atom. The van der Waals surface area contributed by atoms with E-state index in [1.165, 1.54) is 0 Å². The van der Waals surface area contributed by atoms with Gasteiger partial charge in [-0.15, -0.1) is 0 Å². The first-order chi connectivity index (χ1) is 16.0. The Balaban J connectivity index is 1.72. The average molecular weight is 457 g/mol. The van der Waals surface area contributed by atoms with Crippen molar-refractivity contribution in [2.24, 2.45) is 0 Å². The van der Waals surface area contributed by atoms with Crippen LogP contribution < -0.4 is 24.4 Å². The van der Waals surface area contributed by atoms with E-state index in [4.69, 9.17) is 18.9 Å². The molecule has 1 saturated heterocycles. The first-order valence-corrected chi connectivity index (χ1v) is 11.4.